The van der Waals surface area contributed by atoms with Crippen LogP contribution in [0.3, 0.4) is 0 Å². The molecule has 2 aromatic rings. The zero-order valence-corrected chi connectivity index (χ0v) is 19.4. The van der Waals surface area contributed by atoms with E-state index in [4.69, 9.17) is 9.84 Å². The summed E-state index contributed by atoms with van der Waals surface area (Å²) in [5, 5.41) is 11.4. The fourth-order valence-electron chi connectivity index (χ4n) is 4.65. The minimum Gasteiger partial charge on any atom is -0.465 e. The van der Waals surface area contributed by atoms with Gasteiger partial charge in [-0.3, -0.25) is 15.0 Å². The average Bonchev–Trinajstić information content (AvgIpc) is 3.64. The Morgan fingerprint density at radius 2 is 1.67 bits per heavy atom. The first-order chi connectivity index (χ1) is 15.9. The molecule has 1 heterocycles. The minimum atomic E-state index is -1.09. The van der Waals surface area contributed by atoms with Gasteiger partial charge in [0.05, 0.1) is 6.61 Å². The fraction of sp³-hybridized carbons (Fsp3) is 0.462. The summed E-state index contributed by atoms with van der Waals surface area (Å²) in [7, 11) is 0. The molecule has 176 valence electrons. The summed E-state index contributed by atoms with van der Waals surface area (Å²) in [5.74, 6) is 0.807. The lowest BCUT2D eigenvalue weighted by Crippen LogP contribution is -2.51. The number of amides is 2. The van der Waals surface area contributed by atoms with Gasteiger partial charge in [0, 0.05) is 44.0 Å². The number of hydrogen-bond acceptors (Lipinski definition) is 4. The molecule has 1 unspecified atom stereocenters. The van der Waals surface area contributed by atoms with Crippen LogP contribution in [0.1, 0.15) is 48.2 Å². The van der Waals surface area contributed by atoms with Crippen molar-refractivity contribution in [1.29, 1.82) is 0 Å². The summed E-state index contributed by atoms with van der Waals surface area (Å²) in [4.78, 5) is 28.1. The average molecular weight is 452 g/mol. The van der Waals surface area contributed by atoms with Gasteiger partial charge in [0.15, 0.2) is 0 Å². The summed E-state index contributed by atoms with van der Waals surface area (Å²) < 4.78 is 6.51. The topological polar surface area (TPSA) is 82.1 Å². The molecule has 1 saturated heterocycles. The third-order valence-electron chi connectivity index (χ3n) is 6.67. The smallest absolute Gasteiger partial charge is 0.409 e. The van der Waals surface area contributed by atoms with Gasteiger partial charge in [0.2, 0.25) is 0 Å². The van der Waals surface area contributed by atoms with Crippen molar-refractivity contribution in [2.24, 2.45) is 5.92 Å². The summed E-state index contributed by atoms with van der Waals surface area (Å²) in [5.41, 5.74) is 2.49. The summed E-state index contributed by atoms with van der Waals surface area (Å²) >= 11 is 0. The Morgan fingerprint density at radius 3 is 2.21 bits per heavy atom. The van der Waals surface area contributed by atoms with E-state index in [9.17, 15) is 9.59 Å². The van der Waals surface area contributed by atoms with Gasteiger partial charge < -0.3 is 14.7 Å². The predicted molar refractivity (Wildman–Crippen MR) is 128 cm³/mol. The van der Waals surface area contributed by atoms with Gasteiger partial charge in [-0.2, -0.15) is 0 Å². The maximum absolute atomic E-state index is 12.8. The van der Waals surface area contributed by atoms with Crippen molar-refractivity contribution in [1.82, 2.24) is 9.80 Å². The molecule has 2 aliphatic rings. The van der Waals surface area contributed by atoms with Crippen molar-refractivity contribution in [3.63, 3.8) is 0 Å². The number of carbonyl (C=O) groups excluding carboxylic acids is 1. The van der Waals surface area contributed by atoms with Crippen molar-refractivity contribution < 1.29 is 19.4 Å². The van der Waals surface area contributed by atoms with Gasteiger partial charge in [-0.25, -0.2) is 4.79 Å². The van der Waals surface area contributed by atoms with Gasteiger partial charge in [-0.1, -0.05) is 24.3 Å². The number of morpholine rings is 1. The van der Waals surface area contributed by atoms with Crippen LogP contribution in [-0.2, 0) is 10.3 Å². The van der Waals surface area contributed by atoms with E-state index >= 15 is 0 Å². The normalized spacial score (nSPS) is 20.9. The Balaban J connectivity index is 1.66. The molecule has 2 amide bonds. The molecule has 1 saturated carbocycles. The number of carboxylic acid groups (broad SMARTS) is 1. The Labute approximate surface area is 195 Å². The zero-order chi connectivity index (χ0) is 23.4. The number of benzene rings is 2. The number of nitrogens with one attached hydrogen (secondary N) is 1. The number of nitrogens with zero attached hydrogens (tertiary/aromatic N) is 2. The molecular weight excluding hydrogens is 418 g/mol. The maximum atomic E-state index is 12.8. The van der Waals surface area contributed by atoms with Crippen molar-refractivity contribution in [2.75, 3.05) is 44.6 Å². The minimum absolute atomic E-state index is 0.0321. The molecule has 0 bridgehead atoms. The van der Waals surface area contributed by atoms with Crippen LogP contribution in [0.2, 0.25) is 0 Å². The molecule has 1 aliphatic heterocycles. The number of carbonyl (C=O) groups is 2. The first-order valence-electron chi connectivity index (χ1n) is 11.8. The Bertz CT molecular complexity index is 968. The Kier molecular flexibility index (Phi) is 7.00. The molecule has 0 aromatic heterocycles. The lowest BCUT2D eigenvalue weighted by Gasteiger charge is -2.44. The van der Waals surface area contributed by atoms with E-state index in [1.165, 1.54) is 12.8 Å². The van der Waals surface area contributed by atoms with Gasteiger partial charge in [-0.05, 0) is 68.0 Å². The molecule has 7 nitrogen and oxygen atoms in total. The van der Waals surface area contributed by atoms with E-state index in [1.807, 2.05) is 55.1 Å². The summed E-state index contributed by atoms with van der Waals surface area (Å²) in [6, 6.07) is 15.2. The maximum Gasteiger partial charge on any atom is 0.409 e. The molecule has 1 aliphatic carbocycles. The molecule has 1 atom stereocenters. The van der Waals surface area contributed by atoms with E-state index in [2.05, 4.69) is 10.2 Å². The van der Waals surface area contributed by atoms with Crippen LogP contribution in [-0.4, -0.2) is 66.2 Å². The second kappa shape index (κ2) is 9.93. The molecule has 2 N–H and O–H groups in total. The molecule has 2 aromatic carbocycles. The molecule has 0 radical (unpaired) electrons. The fourth-order valence-corrected chi connectivity index (χ4v) is 4.65. The summed E-state index contributed by atoms with van der Waals surface area (Å²) in [6.45, 7) is 8.63. The Hall–Kier alpha value is -2.90. The molecule has 33 heavy (non-hydrogen) atoms. The second-order valence-corrected chi connectivity index (χ2v) is 8.92. The van der Waals surface area contributed by atoms with Crippen LogP contribution in [0.4, 0.5) is 10.5 Å². The first kappa shape index (κ1) is 23.3. The van der Waals surface area contributed by atoms with Gasteiger partial charge in [-0.15, -0.1) is 0 Å². The lowest BCUT2D eigenvalue weighted by molar-refractivity contribution is -0.0892. The molecule has 4 rings (SSSR count). The molecular formula is C26H33N3O4. The Morgan fingerprint density at radius 1 is 1.06 bits per heavy atom. The highest BCUT2D eigenvalue weighted by Gasteiger charge is 2.41. The highest BCUT2D eigenvalue weighted by atomic mass is 16.5. The zero-order valence-electron chi connectivity index (χ0n) is 19.4. The summed E-state index contributed by atoms with van der Waals surface area (Å²) in [6.07, 6.45) is 1.50. The quantitative estimate of drug-likeness (QED) is 0.627. The van der Waals surface area contributed by atoms with E-state index in [-0.39, 0.29) is 5.91 Å². The predicted octanol–water partition coefficient (Wildman–Crippen LogP) is 4.24. The van der Waals surface area contributed by atoms with E-state index in [0.29, 0.717) is 30.9 Å². The van der Waals surface area contributed by atoms with Crippen LogP contribution in [0, 0.1) is 5.92 Å². The number of rotatable bonds is 8. The van der Waals surface area contributed by atoms with Crippen molar-refractivity contribution in [3.05, 3.63) is 65.2 Å². The highest BCUT2D eigenvalue weighted by molar-refractivity contribution is 5.94. The second-order valence-electron chi connectivity index (χ2n) is 8.92. The third-order valence-corrected chi connectivity index (χ3v) is 6.67. The van der Waals surface area contributed by atoms with Crippen LogP contribution in [0.15, 0.2) is 48.5 Å². The van der Waals surface area contributed by atoms with E-state index < -0.39 is 11.7 Å². The number of anilines is 1. The third kappa shape index (κ3) is 5.20. The van der Waals surface area contributed by atoms with Crippen LogP contribution >= 0.6 is 0 Å². The molecule has 2 fully saturated rings. The lowest BCUT2D eigenvalue weighted by atomic mass is 9.84. The standard InChI is InChI=1S/C26H33N3O4/c1-3-29(4-2)24(30)20-7-9-21(10-8-20)26(18-28(15-16-33-26)17-19-5-6-19)22-11-13-23(14-12-22)27-25(31)32/h7-14,19,27H,3-6,15-18H2,1-2H3,(H,31,32). The largest absolute Gasteiger partial charge is 0.465 e. The van der Waals surface area contributed by atoms with E-state index in [0.717, 1.165) is 36.7 Å². The van der Waals surface area contributed by atoms with Crippen LogP contribution in [0.25, 0.3) is 0 Å². The van der Waals surface area contributed by atoms with E-state index in [1.54, 1.807) is 12.1 Å². The van der Waals surface area contributed by atoms with Crippen molar-refractivity contribution in [2.45, 2.75) is 32.3 Å². The van der Waals surface area contributed by atoms with Gasteiger partial charge in [0.25, 0.3) is 5.91 Å². The van der Waals surface area contributed by atoms with Crippen molar-refractivity contribution >= 4 is 17.7 Å². The van der Waals surface area contributed by atoms with Crippen molar-refractivity contribution in [3.8, 4) is 0 Å². The van der Waals surface area contributed by atoms with Crippen LogP contribution in [0.5, 0.6) is 0 Å². The number of ether oxygens (including phenoxy) is 1. The van der Waals surface area contributed by atoms with Gasteiger partial charge in [0.1, 0.15) is 5.60 Å². The monoisotopic (exact) mass is 451 g/mol. The number of hydrogen-bond donors (Lipinski definition) is 2. The van der Waals surface area contributed by atoms with Gasteiger partial charge >= 0.3 is 6.09 Å². The molecule has 7 heteroatoms. The van der Waals surface area contributed by atoms with Crippen LogP contribution < -0.4 is 5.32 Å². The molecule has 0 spiro atoms. The SMILES string of the molecule is CCN(CC)C(=O)c1ccc(C2(c3ccc(NC(=O)O)cc3)CN(CC3CC3)CCO2)cc1. The first-order valence-corrected chi connectivity index (χ1v) is 11.8. The highest BCUT2D eigenvalue weighted by Crippen LogP contribution is 2.39.